The van der Waals surface area contributed by atoms with E-state index in [-0.39, 0.29) is 119 Å². The molecule has 10 aromatic rings. The molecule has 15 atom stereocenters. The lowest BCUT2D eigenvalue weighted by Crippen LogP contribution is -2.31. The number of rotatable bonds is 5. The number of aliphatic hydroxyl groups excluding tert-OH is 5. The van der Waals surface area contributed by atoms with Gasteiger partial charge in [-0.3, -0.25) is 0 Å². The molecule has 5 saturated carbocycles. The van der Waals surface area contributed by atoms with Crippen LogP contribution in [0.5, 0.6) is 0 Å². The van der Waals surface area contributed by atoms with Crippen molar-refractivity contribution < 1.29 is 47.5 Å². The Hall–Kier alpha value is -8.40. The molecule has 5 aromatic carbocycles. The van der Waals surface area contributed by atoms with Crippen molar-refractivity contribution in [2.24, 2.45) is 29.6 Å². The van der Waals surface area contributed by atoms with Crippen LogP contribution in [0.1, 0.15) is 186 Å². The number of hydrogen-bond donors (Lipinski definition) is 5. The molecule has 0 spiro atoms. The maximum atomic E-state index is 13.5. The van der Waals surface area contributed by atoms with E-state index in [1.165, 1.54) is 30.3 Å². The molecule has 5 aliphatic heterocycles. The van der Waals surface area contributed by atoms with Crippen molar-refractivity contribution in [1.29, 1.82) is 0 Å². The van der Waals surface area contributed by atoms with Crippen molar-refractivity contribution in [3.8, 4) is 56.3 Å². The second kappa shape index (κ2) is 27.9. The topological polar surface area (TPSA) is 190 Å². The third kappa shape index (κ3) is 12.0. The van der Waals surface area contributed by atoms with E-state index in [2.05, 4.69) is 47.8 Å². The number of nitrogens with zero attached hydrogens (tertiary/aromatic N) is 10. The van der Waals surface area contributed by atoms with Gasteiger partial charge in [0.05, 0.1) is 152 Å². The fourth-order valence-corrected chi connectivity index (χ4v) is 19.2. The number of fused-ring (bicyclic) bond motifs is 15. The lowest BCUT2D eigenvalue weighted by atomic mass is 9.79. The minimum Gasteiger partial charge on any atom is -0.393 e. The van der Waals surface area contributed by atoms with Gasteiger partial charge in [-0.25, -0.2) is 46.9 Å². The van der Waals surface area contributed by atoms with Gasteiger partial charge >= 0.3 is 0 Å². The SMILES string of the molecule is OC1CCCCC1C1c2ccc(F)cc2-c2cncn21.O[C@@H]1CCCC[C@H]1[C@@H]1c2ccc(F)cc2-c2cncn21.O[C@@H]1CCCC[C@H]1[C@H]1c2ccc(F)cc2-c2cncn21.O[C@H]1CCCC[C@@H]1[C@@H]1c2ccc(F)cc2-c2cncn21.O[C@H]1CCCC[C@@H]1[C@H]1c2ccc(F)cc2-c2cncn21. The van der Waals surface area contributed by atoms with Crippen LogP contribution in [0.2, 0.25) is 0 Å². The summed E-state index contributed by atoms with van der Waals surface area (Å²) in [5.41, 5.74) is 15.0. The molecule has 5 aromatic heterocycles. The summed E-state index contributed by atoms with van der Waals surface area (Å²) in [5, 5.41) is 51.8. The lowest BCUT2D eigenvalue weighted by molar-refractivity contribution is 0.0502. The molecule has 5 aliphatic carbocycles. The van der Waals surface area contributed by atoms with Crippen LogP contribution in [0, 0.1) is 58.7 Å². The molecule has 100 heavy (non-hydrogen) atoms. The van der Waals surface area contributed by atoms with E-state index in [0.717, 1.165) is 213 Å². The predicted octanol–water partition coefficient (Wildman–Crippen LogP) is 15.7. The molecule has 3 unspecified atom stereocenters. The average molecular weight is 1360 g/mol. The molecule has 0 amide bonds. The molecule has 15 nitrogen and oxygen atoms in total. The van der Waals surface area contributed by atoms with Crippen LogP contribution in [0.3, 0.4) is 0 Å². The van der Waals surface area contributed by atoms with E-state index in [1.807, 2.05) is 30.3 Å². The summed E-state index contributed by atoms with van der Waals surface area (Å²) in [5.74, 6) is -0.117. The first-order valence-electron chi connectivity index (χ1n) is 36.3. The summed E-state index contributed by atoms with van der Waals surface area (Å²) in [6, 6.07) is 25.3. The highest BCUT2D eigenvalue weighted by Gasteiger charge is 2.44. The van der Waals surface area contributed by atoms with Gasteiger partial charge in [0.1, 0.15) is 29.1 Å². The molecular formula is C80H85F5N10O5. The Balaban J connectivity index is 0.0000000972. The van der Waals surface area contributed by atoms with Gasteiger partial charge < -0.3 is 48.4 Å². The van der Waals surface area contributed by atoms with Crippen molar-refractivity contribution in [1.82, 2.24) is 47.8 Å². The molecule has 0 bridgehead atoms. The molecule has 5 fully saturated rings. The number of aromatic nitrogens is 10. The Bertz CT molecular complexity index is 3920. The number of aliphatic hydroxyl groups is 5. The highest BCUT2D eigenvalue weighted by atomic mass is 19.1. The number of imidazole rings is 5. The third-order valence-electron chi connectivity index (χ3n) is 23.8. The minimum atomic E-state index is -0.278. The molecule has 20 heteroatoms. The molecular weight excluding hydrogens is 1280 g/mol. The van der Waals surface area contributed by atoms with Crippen LogP contribution in [0.4, 0.5) is 22.0 Å². The summed E-state index contributed by atoms with van der Waals surface area (Å²) in [7, 11) is 0. The van der Waals surface area contributed by atoms with Gasteiger partial charge in [0.25, 0.3) is 0 Å². The molecule has 10 heterocycles. The summed E-state index contributed by atoms with van der Waals surface area (Å²) < 4.78 is 78.1. The van der Waals surface area contributed by atoms with E-state index in [4.69, 9.17) is 0 Å². The van der Waals surface area contributed by atoms with Crippen molar-refractivity contribution in [2.75, 3.05) is 0 Å². The van der Waals surface area contributed by atoms with Crippen molar-refractivity contribution in [3.63, 3.8) is 0 Å². The predicted molar refractivity (Wildman–Crippen MR) is 369 cm³/mol. The largest absolute Gasteiger partial charge is 0.393 e. The Kier molecular flexibility index (Phi) is 18.4. The highest BCUT2D eigenvalue weighted by Crippen LogP contribution is 2.53. The second-order valence-electron chi connectivity index (χ2n) is 29.4. The van der Waals surface area contributed by atoms with Crippen LogP contribution in [-0.4, -0.2) is 104 Å². The first-order chi connectivity index (χ1) is 48.8. The van der Waals surface area contributed by atoms with Crippen molar-refractivity contribution in [3.05, 3.63) is 211 Å². The normalized spacial score (nSPS) is 28.2. The van der Waals surface area contributed by atoms with Gasteiger partial charge in [0, 0.05) is 57.4 Å². The van der Waals surface area contributed by atoms with E-state index in [9.17, 15) is 47.5 Å². The standard InChI is InChI=1S/5C16H17FN2O/c5*17-10-5-6-11-13(7-10)14-8-18-9-19(14)16(11)12-3-1-2-4-15(12)20/h5*5-9,12,15-16,20H,1-4H2/t2*12-,15-,16+;2*12-,15-,16-;/m1010./s1. The van der Waals surface area contributed by atoms with Gasteiger partial charge in [-0.15, -0.1) is 0 Å². The van der Waals surface area contributed by atoms with Crippen LogP contribution in [0.25, 0.3) is 56.3 Å². The third-order valence-corrected chi connectivity index (χ3v) is 23.8. The number of halogens is 5. The van der Waals surface area contributed by atoms with E-state index in [0.29, 0.717) is 0 Å². The number of benzene rings is 5. The van der Waals surface area contributed by atoms with Gasteiger partial charge in [-0.1, -0.05) is 94.5 Å². The Morgan fingerprint density at radius 1 is 0.250 bits per heavy atom. The van der Waals surface area contributed by atoms with Crippen LogP contribution < -0.4 is 0 Å². The first kappa shape index (κ1) is 66.2. The van der Waals surface area contributed by atoms with Crippen LogP contribution in [0.15, 0.2) is 154 Å². The van der Waals surface area contributed by atoms with Gasteiger partial charge in [-0.05, 0) is 153 Å². The fraction of sp³-hybridized carbons (Fsp3) is 0.438. The molecule has 0 saturated heterocycles. The van der Waals surface area contributed by atoms with E-state index in [1.54, 1.807) is 93.0 Å². The smallest absolute Gasteiger partial charge is 0.123 e. The van der Waals surface area contributed by atoms with Gasteiger partial charge in [-0.2, -0.15) is 0 Å². The van der Waals surface area contributed by atoms with E-state index < -0.39 is 0 Å². The minimum absolute atomic E-state index is 0.0957. The quantitative estimate of drug-likeness (QED) is 0.104. The Morgan fingerprint density at radius 2 is 0.420 bits per heavy atom. The average Bonchev–Trinajstić information content (AvgIpc) is 1.63. The molecule has 520 valence electrons. The molecule has 0 radical (unpaired) electrons. The van der Waals surface area contributed by atoms with Gasteiger partial charge in [0.2, 0.25) is 0 Å². The summed E-state index contributed by atoms with van der Waals surface area (Å²) >= 11 is 0. The summed E-state index contributed by atoms with van der Waals surface area (Å²) in [6.07, 6.45) is 37.2. The Labute approximate surface area is 578 Å². The summed E-state index contributed by atoms with van der Waals surface area (Å²) in [4.78, 5) is 21.0. The second-order valence-corrected chi connectivity index (χ2v) is 29.4. The Morgan fingerprint density at radius 3 is 0.590 bits per heavy atom. The zero-order valence-corrected chi connectivity index (χ0v) is 55.8. The highest BCUT2D eigenvalue weighted by molar-refractivity contribution is 5.73. The first-order valence-corrected chi connectivity index (χ1v) is 36.3. The summed E-state index contributed by atoms with van der Waals surface area (Å²) in [6.45, 7) is 0. The lowest BCUT2D eigenvalue weighted by Gasteiger charge is -2.33. The van der Waals surface area contributed by atoms with Crippen molar-refractivity contribution >= 4 is 0 Å². The van der Waals surface area contributed by atoms with Crippen molar-refractivity contribution in [2.45, 2.75) is 189 Å². The molecule has 20 rings (SSSR count). The number of hydrogen-bond acceptors (Lipinski definition) is 10. The molecule has 5 N–H and O–H groups in total. The van der Waals surface area contributed by atoms with Crippen LogP contribution in [-0.2, 0) is 0 Å². The van der Waals surface area contributed by atoms with Crippen LogP contribution >= 0.6 is 0 Å². The zero-order chi connectivity index (χ0) is 68.4. The van der Waals surface area contributed by atoms with E-state index >= 15 is 0 Å². The fourth-order valence-electron chi connectivity index (χ4n) is 19.2. The maximum Gasteiger partial charge on any atom is 0.123 e. The monoisotopic (exact) mass is 1360 g/mol. The zero-order valence-electron chi connectivity index (χ0n) is 55.8. The maximum absolute atomic E-state index is 13.5. The van der Waals surface area contributed by atoms with Gasteiger partial charge in [0.15, 0.2) is 0 Å². The molecule has 10 aliphatic rings.